The van der Waals surface area contributed by atoms with Gasteiger partial charge in [-0.05, 0) is 29.9 Å². The molecule has 1 amide bonds. The molecule has 2 aliphatic rings. The standard InChI is InChI=1S/C14H11NO3S2/c1-17-10-3-2-9-4-8(7-18-11(9)6-10)5-12-13(16)15-14(19)20-12/h2-6H,7H2,1H3,(H,15,16,19)/b12-5+. The van der Waals surface area contributed by atoms with E-state index in [2.05, 4.69) is 5.32 Å². The van der Waals surface area contributed by atoms with E-state index in [1.165, 1.54) is 11.8 Å². The number of carbonyl (C=O) groups excluding carboxylic acids is 1. The molecule has 20 heavy (non-hydrogen) atoms. The first kappa shape index (κ1) is 13.2. The second-order valence-electron chi connectivity index (χ2n) is 4.26. The zero-order chi connectivity index (χ0) is 14.1. The van der Waals surface area contributed by atoms with E-state index in [4.69, 9.17) is 21.7 Å². The number of amides is 1. The van der Waals surface area contributed by atoms with Crippen LogP contribution in [0.25, 0.3) is 6.08 Å². The number of hydrogen-bond acceptors (Lipinski definition) is 5. The summed E-state index contributed by atoms with van der Waals surface area (Å²) < 4.78 is 11.3. The monoisotopic (exact) mass is 305 g/mol. The summed E-state index contributed by atoms with van der Waals surface area (Å²) >= 11 is 6.23. The Bertz CT molecular complexity index is 664. The molecular formula is C14H11NO3S2. The highest BCUT2D eigenvalue weighted by Gasteiger charge is 2.23. The van der Waals surface area contributed by atoms with Crippen LogP contribution in [0.4, 0.5) is 0 Å². The predicted octanol–water partition coefficient (Wildman–Crippen LogP) is 2.50. The lowest BCUT2D eigenvalue weighted by atomic mass is 10.1. The van der Waals surface area contributed by atoms with E-state index in [0.717, 1.165) is 22.6 Å². The first-order chi connectivity index (χ1) is 9.65. The maximum atomic E-state index is 11.6. The second-order valence-corrected chi connectivity index (χ2v) is 5.98. The number of nitrogens with one attached hydrogen (secondary N) is 1. The van der Waals surface area contributed by atoms with E-state index in [0.29, 0.717) is 15.8 Å². The van der Waals surface area contributed by atoms with Gasteiger partial charge in [0.15, 0.2) is 0 Å². The summed E-state index contributed by atoms with van der Waals surface area (Å²) in [6.45, 7) is 0.421. The van der Waals surface area contributed by atoms with E-state index < -0.39 is 0 Å². The summed E-state index contributed by atoms with van der Waals surface area (Å²) in [6.07, 6.45) is 3.81. The number of thiocarbonyl (C=S) groups is 1. The Morgan fingerprint density at radius 3 is 3.05 bits per heavy atom. The molecule has 1 aromatic carbocycles. The minimum Gasteiger partial charge on any atom is -0.497 e. The van der Waals surface area contributed by atoms with Crippen LogP contribution in [0.5, 0.6) is 11.5 Å². The molecule has 0 radical (unpaired) electrons. The first-order valence-electron chi connectivity index (χ1n) is 5.92. The average molecular weight is 305 g/mol. The second kappa shape index (κ2) is 5.30. The van der Waals surface area contributed by atoms with Crippen LogP contribution in [-0.2, 0) is 4.79 Å². The highest BCUT2D eigenvalue weighted by atomic mass is 32.2. The maximum absolute atomic E-state index is 11.6. The molecule has 2 aliphatic heterocycles. The molecule has 1 aromatic rings. The Morgan fingerprint density at radius 2 is 2.35 bits per heavy atom. The van der Waals surface area contributed by atoms with Gasteiger partial charge in [0.2, 0.25) is 0 Å². The molecule has 4 nitrogen and oxygen atoms in total. The Labute approximate surface area is 125 Å². The number of carbonyl (C=O) groups is 1. The average Bonchev–Trinajstić information content (AvgIpc) is 2.76. The van der Waals surface area contributed by atoms with Crippen molar-refractivity contribution >= 4 is 40.3 Å². The molecule has 0 unspecified atom stereocenters. The fourth-order valence-electron chi connectivity index (χ4n) is 1.96. The van der Waals surface area contributed by atoms with Crippen molar-refractivity contribution in [2.24, 2.45) is 0 Å². The Hall–Kier alpha value is -1.79. The van der Waals surface area contributed by atoms with Crippen LogP contribution in [0.15, 0.2) is 34.8 Å². The zero-order valence-electron chi connectivity index (χ0n) is 10.6. The highest BCUT2D eigenvalue weighted by molar-refractivity contribution is 8.26. The van der Waals surface area contributed by atoms with Crippen molar-refractivity contribution in [1.29, 1.82) is 0 Å². The normalized spacial score (nSPS) is 19.2. The molecule has 1 fully saturated rings. The smallest absolute Gasteiger partial charge is 0.263 e. The van der Waals surface area contributed by atoms with Crippen LogP contribution in [0.1, 0.15) is 5.56 Å². The van der Waals surface area contributed by atoms with Crippen molar-refractivity contribution in [1.82, 2.24) is 5.32 Å². The highest BCUT2D eigenvalue weighted by Crippen LogP contribution is 2.32. The zero-order valence-corrected chi connectivity index (χ0v) is 12.3. The summed E-state index contributed by atoms with van der Waals surface area (Å²) in [4.78, 5) is 12.2. The molecular weight excluding hydrogens is 294 g/mol. The van der Waals surface area contributed by atoms with Crippen LogP contribution < -0.4 is 14.8 Å². The van der Waals surface area contributed by atoms with Gasteiger partial charge in [0.25, 0.3) is 5.91 Å². The van der Waals surface area contributed by atoms with Gasteiger partial charge in [0.05, 0.1) is 12.0 Å². The number of thioether (sulfide) groups is 1. The fraction of sp³-hybridized carbons (Fsp3) is 0.143. The van der Waals surface area contributed by atoms with Crippen LogP contribution in [0.2, 0.25) is 0 Å². The summed E-state index contributed by atoms with van der Waals surface area (Å²) in [6, 6.07) is 5.65. The molecule has 2 heterocycles. The lowest BCUT2D eigenvalue weighted by Gasteiger charge is -2.17. The fourth-order valence-corrected chi connectivity index (χ4v) is 3.02. The number of rotatable bonds is 2. The van der Waals surface area contributed by atoms with Crippen molar-refractivity contribution in [2.45, 2.75) is 0 Å². The van der Waals surface area contributed by atoms with Crippen LogP contribution in [0, 0.1) is 0 Å². The predicted molar refractivity (Wildman–Crippen MR) is 82.9 cm³/mol. The van der Waals surface area contributed by atoms with Gasteiger partial charge < -0.3 is 14.8 Å². The maximum Gasteiger partial charge on any atom is 0.263 e. The van der Waals surface area contributed by atoms with Crippen molar-refractivity contribution in [3.63, 3.8) is 0 Å². The minimum absolute atomic E-state index is 0.151. The van der Waals surface area contributed by atoms with Gasteiger partial charge in [-0.1, -0.05) is 24.0 Å². The SMILES string of the molecule is COc1ccc2c(c1)OCC(/C=C1/SC(=S)NC1=O)=C2. The lowest BCUT2D eigenvalue weighted by molar-refractivity contribution is -0.115. The van der Waals surface area contributed by atoms with Crippen molar-refractivity contribution < 1.29 is 14.3 Å². The number of fused-ring (bicyclic) bond motifs is 1. The molecule has 0 spiro atoms. The molecule has 0 bridgehead atoms. The molecule has 102 valence electrons. The van der Waals surface area contributed by atoms with Gasteiger partial charge >= 0.3 is 0 Å². The Kier molecular flexibility index (Phi) is 3.50. The third-order valence-electron chi connectivity index (χ3n) is 2.91. The largest absolute Gasteiger partial charge is 0.497 e. The molecule has 0 saturated carbocycles. The summed E-state index contributed by atoms with van der Waals surface area (Å²) in [5, 5.41) is 2.59. The molecule has 0 atom stereocenters. The lowest BCUT2D eigenvalue weighted by Crippen LogP contribution is -2.18. The van der Waals surface area contributed by atoms with Crippen LogP contribution in [0.3, 0.4) is 0 Å². The number of benzene rings is 1. The van der Waals surface area contributed by atoms with Crippen LogP contribution in [-0.4, -0.2) is 23.9 Å². The first-order valence-corrected chi connectivity index (χ1v) is 7.14. The van der Waals surface area contributed by atoms with Gasteiger partial charge in [0.1, 0.15) is 22.4 Å². The molecule has 0 aliphatic carbocycles. The Balaban J connectivity index is 1.89. The van der Waals surface area contributed by atoms with Gasteiger partial charge in [-0.3, -0.25) is 4.79 Å². The van der Waals surface area contributed by atoms with Crippen molar-refractivity contribution in [3.05, 3.63) is 40.3 Å². The van der Waals surface area contributed by atoms with Crippen molar-refractivity contribution in [2.75, 3.05) is 13.7 Å². The van der Waals surface area contributed by atoms with E-state index in [9.17, 15) is 4.79 Å². The van der Waals surface area contributed by atoms with E-state index in [1.54, 1.807) is 7.11 Å². The van der Waals surface area contributed by atoms with Gasteiger partial charge in [-0.15, -0.1) is 0 Å². The van der Waals surface area contributed by atoms with Crippen molar-refractivity contribution in [3.8, 4) is 11.5 Å². The quantitative estimate of drug-likeness (QED) is 0.672. The number of hydrogen-bond donors (Lipinski definition) is 1. The van der Waals surface area contributed by atoms with E-state index in [-0.39, 0.29) is 5.91 Å². The summed E-state index contributed by atoms with van der Waals surface area (Å²) in [7, 11) is 1.62. The molecule has 3 rings (SSSR count). The molecule has 1 N–H and O–H groups in total. The minimum atomic E-state index is -0.151. The van der Waals surface area contributed by atoms with Gasteiger partial charge in [0, 0.05) is 11.6 Å². The molecule has 0 aromatic heterocycles. The number of ether oxygens (including phenoxy) is 2. The molecule has 6 heteroatoms. The Morgan fingerprint density at radius 1 is 1.50 bits per heavy atom. The van der Waals surface area contributed by atoms with Crippen LogP contribution >= 0.6 is 24.0 Å². The number of methoxy groups -OCH3 is 1. The van der Waals surface area contributed by atoms with Gasteiger partial charge in [-0.25, -0.2) is 0 Å². The summed E-state index contributed by atoms with van der Waals surface area (Å²) in [5.41, 5.74) is 1.90. The topological polar surface area (TPSA) is 47.6 Å². The van der Waals surface area contributed by atoms with Gasteiger partial charge in [-0.2, -0.15) is 0 Å². The van der Waals surface area contributed by atoms with E-state index in [1.807, 2.05) is 30.4 Å². The molecule has 1 saturated heterocycles. The third-order valence-corrected chi connectivity index (χ3v) is 4.08. The third kappa shape index (κ3) is 2.57. The van der Waals surface area contributed by atoms with E-state index >= 15 is 0 Å². The summed E-state index contributed by atoms with van der Waals surface area (Å²) in [5.74, 6) is 1.39.